The summed E-state index contributed by atoms with van der Waals surface area (Å²) in [6.45, 7) is 24.8. The van der Waals surface area contributed by atoms with Gasteiger partial charge in [-0.25, -0.2) is 52.9 Å². The van der Waals surface area contributed by atoms with Gasteiger partial charge in [-0.2, -0.15) is 0 Å². The average molecular weight is 1820 g/mol. The first-order valence-corrected chi connectivity index (χ1v) is 35.6. The van der Waals surface area contributed by atoms with Gasteiger partial charge in [0.1, 0.15) is 79.0 Å². The molecule has 0 heterocycles. The molecule has 8 N–H and O–H groups in total. The van der Waals surface area contributed by atoms with E-state index in [1.165, 1.54) is 33.8 Å². The number of carbonyl (C=O) groups is 9. The molecule has 2 radical (unpaired) electrons. The molecule has 4 amide bonds. The van der Waals surface area contributed by atoms with E-state index in [1.54, 1.807) is 153 Å². The molecule has 0 saturated carbocycles. The van der Waals surface area contributed by atoms with Crippen LogP contribution >= 0.6 is 0 Å². The molecule has 8 aromatic carbocycles. The second kappa shape index (κ2) is 49.9. The number of amides is 4. The van der Waals surface area contributed by atoms with E-state index in [9.17, 15) is 68.4 Å². The van der Waals surface area contributed by atoms with Crippen LogP contribution in [0.1, 0.15) is 103 Å². The molecular formula is C87H90BN5O23U. The van der Waals surface area contributed by atoms with E-state index in [-0.39, 0.29) is 177 Å². The fourth-order valence-electron chi connectivity index (χ4n) is 10.6. The maximum absolute atomic E-state index is 12.7. The summed E-state index contributed by atoms with van der Waals surface area (Å²) in [5.74, 6) is -2.76. The summed E-state index contributed by atoms with van der Waals surface area (Å²) < 4.78 is 51.9. The molecular weight excluding hydrogens is 1730 g/mol. The predicted molar refractivity (Wildman–Crippen MR) is 431 cm³/mol. The summed E-state index contributed by atoms with van der Waals surface area (Å²) in [7, 11) is 3.75. The predicted octanol–water partition coefficient (Wildman–Crippen LogP) is 12.7. The van der Waals surface area contributed by atoms with Crippen LogP contribution in [0.3, 0.4) is 0 Å². The standard InChI is InChI=1S/C54H58N4O16.C26H22O4.C7H9NO3.BH.U/c1-33(2)47(59)67-29-25-55-51(63)71-41-17-9-37(10-18-41)45(38-11-19-42(20-12-38)72-52(64)56-26-30-68-48(60)34(3)4)46(39-13-21-43(22-14-39)73-53(65)57-27-31-69-49(61)35(5)6)40-15-23-44(24-16-40)74-54(66)58-28-32-70-50(62)36(7)8;27-21-9-1-17(2-10-21)25(18-3-11-22(28)12-4-18)26(19-5-13-23(29)14-6-19)20-7-15-24(30)16-8-20;1-6(2)7(10)11-4-3-8-5-9;;/h9-24,45-46H,1,3,5,7,25-32H2,2,4,6,8H3,(H,55,63)(H,56,64)(H,57,65)(H,58,66);1-16,25-30H;1,3-4H2,2H3;1H;/i;;;1D;. The fraction of sp³-hybridized carbons (Fsp3) is 0.218. The van der Waals surface area contributed by atoms with Crippen molar-refractivity contribution in [1.29, 1.82) is 1.34 Å². The zero-order valence-corrected chi connectivity index (χ0v) is 69.1. The molecule has 0 aliphatic rings. The van der Waals surface area contributed by atoms with Crippen molar-refractivity contribution in [2.24, 2.45) is 4.99 Å². The second-order valence-corrected chi connectivity index (χ2v) is 25.4. The molecule has 0 aromatic heterocycles. The maximum atomic E-state index is 12.7. The monoisotopic (exact) mass is 1820 g/mol. The van der Waals surface area contributed by atoms with Crippen LogP contribution in [0.15, 0.2) is 260 Å². The first kappa shape index (κ1) is 94.2. The average Bonchev–Trinajstić information content (AvgIpc) is 0.786. The van der Waals surface area contributed by atoms with Gasteiger partial charge >= 0.3 is 54.2 Å². The van der Waals surface area contributed by atoms with E-state index in [0.717, 1.165) is 22.3 Å². The zero-order chi connectivity index (χ0) is 85.9. The SMILES string of the molecule is C=C(C)C(=O)OCCN=C=O.C=C(C)C(=O)OCCNC(=O)Oc1ccc(C(c2ccc(OC(=O)NCCOC(=O)C(=C)C)cc2)C(c2ccc(OC(=O)NCCOC(=O)C(=C)C)cc2)c2ccc(OC(=O)NCCOC(=O)C(=C)C)cc2)cc1.Oc1ccc(C(c2ccc(O)cc2)C(c2ccc(O)cc2)c2ccc(O)cc2)cc1.[2H][B].[U]. The Morgan fingerprint density at radius 3 is 0.650 bits per heavy atom. The number of phenolic OH excluding ortho intramolecular Hbond substituents is 4. The Kier molecular flexibility index (Phi) is 40.2. The van der Waals surface area contributed by atoms with Crippen LogP contribution in [0.5, 0.6) is 46.0 Å². The van der Waals surface area contributed by atoms with Crippen LogP contribution in [0.4, 0.5) is 19.2 Å². The first-order valence-electron chi connectivity index (χ1n) is 36.1. The molecule has 0 unspecified atom stereocenters. The smallest absolute Gasteiger partial charge is 0.412 e. The molecule has 0 saturated heterocycles. The number of benzene rings is 8. The van der Waals surface area contributed by atoms with Gasteiger partial charge in [0.05, 0.1) is 32.7 Å². The number of aromatic hydroxyl groups is 4. The van der Waals surface area contributed by atoms with Crippen LogP contribution in [-0.4, -0.2) is 156 Å². The number of ether oxygens (including phenoxy) is 9. The molecule has 0 bridgehead atoms. The molecule has 0 aliphatic heterocycles. The molecule has 608 valence electrons. The van der Waals surface area contributed by atoms with Crippen molar-refractivity contribution in [1.82, 2.24) is 21.3 Å². The second-order valence-electron chi connectivity index (χ2n) is 25.4. The number of rotatable bonds is 34. The number of hydrogen-bond donors (Lipinski definition) is 8. The van der Waals surface area contributed by atoms with E-state index in [2.05, 4.69) is 72.3 Å². The molecule has 0 spiro atoms. The minimum atomic E-state index is -0.796. The van der Waals surface area contributed by atoms with Crippen LogP contribution < -0.4 is 40.2 Å². The van der Waals surface area contributed by atoms with Gasteiger partial charge in [0, 0.05) is 91.0 Å². The van der Waals surface area contributed by atoms with Gasteiger partial charge in [-0.15, -0.1) is 0 Å². The van der Waals surface area contributed by atoms with E-state index in [0.29, 0.717) is 27.8 Å². The third kappa shape index (κ3) is 33.3. The summed E-state index contributed by atoms with van der Waals surface area (Å²) in [5, 5.41) is 49.2. The van der Waals surface area contributed by atoms with E-state index in [4.69, 9.17) is 39.2 Å². The Balaban J connectivity index is 0.000000539. The normalized spacial score (nSPS) is 10.2. The van der Waals surface area contributed by atoms with Crippen molar-refractivity contribution in [2.75, 3.05) is 65.8 Å². The summed E-state index contributed by atoms with van der Waals surface area (Å²) in [6.07, 6.45) is -1.85. The molecule has 117 heavy (non-hydrogen) atoms. The Bertz CT molecular complexity index is 4210. The van der Waals surface area contributed by atoms with Gasteiger partial charge in [0.25, 0.3) is 0 Å². The van der Waals surface area contributed by atoms with Crippen LogP contribution in [0.2, 0.25) is 0 Å². The summed E-state index contributed by atoms with van der Waals surface area (Å²) in [5.41, 5.74) is 8.00. The van der Waals surface area contributed by atoms with Crippen molar-refractivity contribution in [2.45, 2.75) is 58.3 Å². The van der Waals surface area contributed by atoms with E-state index >= 15 is 0 Å². The Morgan fingerprint density at radius 2 is 0.487 bits per heavy atom. The molecule has 0 fully saturated rings. The van der Waals surface area contributed by atoms with Gasteiger partial charge in [0.2, 0.25) is 6.08 Å². The first-order chi connectivity index (χ1) is 56.0. The third-order valence-electron chi connectivity index (χ3n) is 16.1. The van der Waals surface area contributed by atoms with E-state index in [1.807, 2.05) is 48.5 Å². The van der Waals surface area contributed by atoms with Crippen molar-refractivity contribution in [3.05, 3.63) is 299 Å². The van der Waals surface area contributed by atoms with Gasteiger partial charge in [-0.1, -0.05) is 130 Å². The minimum Gasteiger partial charge on any atom is -0.508 e. The Labute approximate surface area is 703 Å². The van der Waals surface area contributed by atoms with Gasteiger partial charge in [0.15, 0.2) is 0 Å². The van der Waals surface area contributed by atoms with Crippen LogP contribution in [0, 0.1) is 31.1 Å². The molecule has 0 aliphatic carbocycles. The van der Waals surface area contributed by atoms with Crippen LogP contribution in [0.25, 0.3) is 0 Å². The Hall–Kier alpha value is -13.4. The van der Waals surface area contributed by atoms with Gasteiger partial charge in [-0.05, 0) is 178 Å². The van der Waals surface area contributed by atoms with Gasteiger partial charge in [-0.3, -0.25) is 0 Å². The number of carbonyl (C=O) groups excluding carboxylic acids is 10. The minimum absolute atomic E-state index is 0. The number of phenols is 4. The largest absolute Gasteiger partial charge is 0.508 e. The summed E-state index contributed by atoms with van der Waals surface area (Å²) >= 11 is 0. The van der Waals surface area contributed by atoms with Gasteiger partial charge < -0.3 is 84.3 Å². The van der Waals surface area contributed by atoms with Crippen molar-refractivity contribution in [3.8, 4) is 46.0 Å². The number of hydrogen-bond acceptors (Lipinski definition) is 24. The topological polar surface area (TPSA) is 395 Å². The third-order valence-corrected chi connectivity index (χ3v) is 16.1. The molecule has 8 aromatic rings. The van der Waals surface area contributed by atoms with Crippen LogP contribution in [-0.2, 0) is 52.5 Å². The van der Waals surface area contributed by atoms with E-state index < -0.39 is 66.1 Å². The molecule has 0 atom stereocenters. The molecule has 28 nitrogen and oxygen atoms in total. The summed E-state index contributed by atoms with van der Waals surface area (Å²) in [4.78, 5) is 121. The van der Waals surface area contributed by atoms with Crippen molar-refractivity contribution >= 4 is 68.7 Å². The molecule has 8 rings (SSSR count). The number of isocyanates is 1. The number of nitrogens with zero attached hydrogens (tertiary/aromatic N) is 1. The quantitative estimate of drug-likeness (QED) is 0.00353. The number of nitrogens with one attached hydrogen (secondary N) is 4. The number of esters is 5. The van der Waals surface area contributed by atoms with Crippen molar-refractivity contribution < 1.29 is 142 Å². The molecule has 30 heteroatoms. The summed E-state index contributed by atoms with van der Waals surface area (Å²) in [6, 6.07) is 55.3. The Morgan fingerprint density at radius 1 is 0.325 bits per heavy atom. The maximum Gasteiger partial charge on any atom is 0.412 e. The fourth-order valence-corrected chi connectivity index (χ4v) is 10.6. The van der Waals surface area contributed by atoms with Crippen molar-refractivity contribution in [3.63, 3.8) is 0 Å². The number of aliphatic imine (C=N–C) groups is 1. The zero-order valence-electron chi connectivity index (χ0n) is 66.0.